The maximum atomic E-state index is 13.8. The molecule has 0 bridgehead atoms. The number of hydrogen-bond acceptors (Lipinski definition) is 2. The minimum atomic E-state index is -1.31. The van der Waals surface area contributed by atoms with Crippen LogP contribution in [-0.4, -0.2) is 16.1 Å². The maximum absolute atomic E-state index is 13.8. The van der Waals surface area contributed by atoms with E-state index in [1.165, 1.54) is 0 Å². The SMILES string of the molecule is CC(C)Cc1nn(-c2cc(F)c(F)cc2F)c(Cl)c1C=O. The third-order valence-corrected chi connectivity index (χ3v) is 3.24. The number of carbonyl (C=O) groups is 1. The van der Waals surface area contributed by atoms with E-state index in [1.54, 1.807) is 0 Å². The van der Waals surface area contributed by atoms with Gasteiger partial charge in [-0.1, -0.05) is 25.4 Å². The summed E-state index contributed by atoms with van der Waals surface area (Å²) in [5.74, 6) is -3.36. The second kappa shape index (κ2) is 5.89. The van der Waals surface area contributed by atoms with E-state index in [9.17, 15) is 18.0 Å². The monoisotopic (exact) mass is 316 g/mol. The Bertz CT molecular complexity index is 698. The molecule has 1 aromatic heterocycles. The number of hydrogen-bond donors (Lipinski definition) is 0. The van der Waals surface area contributed by atoms with Gasteiger partial charge in [-0.25, -0.2) is 17.9 Å². The van der Waals surface area contributed by atoms with Gasteiger partial charge in [0.05, 0.1) is 11.3 Å². The molecule has 0 aliphatic heterocycles. The fraction of sp³-hybridized carbons (Fsp3) is 0.286. The van der Waals surface area contributed by atoms with Crippen LogP contribution in [0.4, 0.5) is 13.2 Å². The highest BCUT2D eigenvalue weighted by molar-refractivity contribution is 6.32. The van der Waals surface area contributed by atoms with Crippen LogP contribution < -0.4 is 0 Å². The Kier molecular flexibility index (Phi) is 4.37. The first kappa shape index (κ1) is 15.6. The highest BCUT2D eigenvalue weighted by atomic mass is 35.5. The minimum absolute atomic E-state index is 0.120. The van der Waals surface area contributed by atoms with Crippen LogP contribution in [0.15, 0.2) is 12.1 Å². The third kappa shape index (κ3) is 2.95. The Balaban J connectivity index is 2.62. The Hall–Kier alpha value is -1.82. The third-order valence-electron chi connectivity index (χ3n) is 2.88. The summed E-state index contributed by atoms with van der Waals surface area (Å²) in [6.45, 7) is 3.83. The van der Waals surface area contributed by atoms with Crippen molar-refractivity contribution in [3.05, 3.63) is 46.0 Å². The van der Waals surface area contributed by atoms with Gasteiger partial charge in [0.2, 0.25) is 0 Å². The van der Waals surface area contributed by atoms with Crippen molar-refractivity contribution < 1.29 is 18.0 Å². The summed E-state index contributed by atoms with van der Waals surface area (Å²) >= 11 is 6.00. The maximum Gasteiger partial charge on any atom is 0.161 e. The Morgan fingerprint density at radius 1 is 1.24 bits per heavy atom. The molecule has 0 aliphatic carbocycles. The van der Waals surface area contributed by atoms with Crippen molar-refractivity contribution in [2.45, 2.75) is 20.3 Å². The van der Waals surface area contributed by atoms with Crippen molar-refractivity contribution >= 4 is 17.9 Å². The van der Waals surface area contributed by atoms with Crippen LogP contribution in [0.3, 0.4) is 0 Å². The van der Waals surface area contributed by atoms with E-state index in [4.69, 9.17) is 11.6 Å². The number of rotatable bonds is 4. The van der Waals surface area contributed by atoms with E-state index in [1.807, 2.05) is 13.8 Å². The van der Waals surface area contributed by atoms with Crippen molar-refractivity contribution in [1.82, 2.24) is 9.78 Å². The van der Waals surface area contributed by atoms with Gasteiger partial charge in [0.25, 0.3) is 0 Å². The number of halogens is 4. The summed E-state index contributed by atoms with van der Waals surface area (Å²) in [6, 6.07) is 1.06. The summed E-state index contributed by atoms with van der Waals surface area (Å²) in [6.07, 6.45) is 0.966. The van der Waals surface area contributed by atoms with Gasteiger partial charge in [0, 0.05) is 12.1 Å². The number of nitrogens with zero attached hydrogens (tertiary/aromatic N) is 2. The molecular formula is C14H12ClF3N2O. The summed E-state index contributed by atoms with van der Waals surface area (Å²) in [4.78, 5) is 11.1. The van der Waals surface area contributed by atoms with Gasteiger partial charge >= 0.3 is 0 Å². The smallest absolute Gasteiger partial charge is 0.161 e. The number of aldehydes is 1. The Labute approximate surface area is 124 Å². The average molecular weight is 317 g/mol. The van der Waals surface area contributed by atoms with Crippen LogP contribution in [0.1, 0.15) is 29.9 Å². The number of benzene rings is 1. The van der Waals surface area contributed by atoms with Crippen LogP contribution in [0.2, 0.25) is 5.15 Å². The lowest BCUT2D eigenvalue weighted by atomic mass is 10.1. The first-order chi connectivity index (χ1) is 9.85. The van der Waals surface area contributed by atoms with Gasteiger partial charge in [-0.05, 0) is 12.3 Å². The van der Waals surface area contributed by atoms with E-state index in [-0.39, 0.29) is 22.3 Å². The van der Waals surface area contributed by atoms with Gasteiger partial charge in [-0.15, -0.1) is 0 Å². The lowest BCUT2D eigenvalue weighted by Crippen LogP contribution is -2.04. The molecule has 2 rings (SSSR count). The van der Waals surface area contributed by atoms with Crippen molar-refractivity contribution in [2.75, 3.05) is 0 Å². The number of aromatic nitrogens is 2. The van der Waals surface area contributed by atoms with E-state index >= 15 is 0 Å². The second-order valence-corrected chi connectivity index (χ2v) is 5.35. The average Bonchev–Trinajstić information content (AvgIpc) is 2.69. The fourth-order valence-electron chi connectivity index (χ4n) is 1.94. The topological polar surface area (TPSA) is 34.9 Å². The predicted molar refractivity (Wildman–Crippen MR) is 72.4 cm³/mol. The molecule has 0 fully saturated rings. The molecule has 1 aromatic carbocycles. The van der Waals surface area contributed by atoms with E-state index in [2.05, 4.69) is 5.10 Å². The normalized spacial score (nSPS) is 11.2. The van der Waals surface area contributed by atoms with Crippen molar-refractivity contribution in [1.29, 1.82) is 0 Å². The van der Waals surface area contributed by atoms with Crippen molar-refractivity contribution in [3.8, 4) is 5.69 Å². The molecule has 0 N–H and O–H groups in total. The van der Waals surface area contributed by atoms with E-state index in [0.717, 1.165) is 4.68 Å². The molecule has 3 nitrogen and oxygen atoms in total. The first-order valence-corrected chi connectivity index (χ1v) is 6.60. The van der Waals surface area contributed by atoms with Gasteiger partial charge in [-0.2, -0.15) is 5.10 Å². The highest BCUT2D eigenvalue weighted by Gasteiger charge is 2.21. The van der Waals surface area contributed by atoms with Crippen molar-refractivity contribution in [3.63, 3.8) is 0 Å². The molecule has 21 heavy (non-hydrogen) atoms. The van der Waals surface area contributed by atoms with E-state index in [0.29, 0.717) is 30.5 Å². The standard InChI is InChI=1S/C14H12ClF3N2O/c1-7(2)3-12-8(6-21)14(15)20(19-12)13-5-10(17)9(16)4-11(13)18/h4-7H,3H2,1-2H3. The molecule has 0 amide bonds. The van der Waals surface area contributed by atoms with Gasteiger partial charge in [0.1, 0.15) is 10.8 Å². The lowest BCUT2D eigenvalue weighted by molar-refractivity contribution is 0.112. The van der Waals surface area contributed by atoms with Gasteiger partial charge in [-0.3, -0.25) is 4.79 Å². The molecule has 0 atom stereocenters. The summed E-state index contributed by atoms with van der Waals surface area (Å²) in [5.41, 5.74) is 0.153. The first-order valence-electron chi connectivity index (χ1n) is 6.22. The highest BCUT2D eigenvalue weighted by Crippen LogP contribution is 2.26. The summed E-state index contributed by atoms with van der Waals surface area (Å²) in [5, 5.41) is 3.91. The van der Waals surface area contributed by atoms with E-state index < -0.39 is 17.5 Å². The zero-order valence-corrected chi connectivity index (χ0v) is 12.1. The summed E-state index contributed by atoms with van der Waals surface area (Å²) < 4.78 is 40.9. The van der Waals surface area contributed by atoms with Gasteiger partial charge < -0.3 is 0 Å². The molecule has 0 saturated carbocycles. The molecule has 1 heterocycles. The Morgan fingerprint density at radius 3 is 2.43 bits per heavy atom. The quantitative estimate of drug-likeness (QED) is 0.632. The lowest BCUT2D eigenvalue weighted by Gasteiger charge is -2.05. The zero-order chi connectivity index (χ0) is 15.7. The fourth-order valence-corrected chi connectivity index (χ4v) is 2.22. The van der Waals surface area contributed by atoms with Crippen LogP contribution in [0, 0.1) is 23.4 Å². The Morgan fingerprint density at radius 2 is 1.86 bits per heavy atom. The van der Waals surface area contributed by atoms with Crippen molar-refractivity contribution in [2.24, 2.45) is 5.92 Å². The van der Waals surface area contributed by atoms with Crippen LogP contribution in [0.5, 0.6) is 0 Å². The molecule has 0 saturated heterocycles. The largest absolute Gasteiger partial charge is 0.298 e. The van der Waals surface area contributed by atoms with Gasteiger partial charge in [0.15, 0.2) is 23.7 Å². The van der Waals surface area contributed by atoms with Crippen LogP contribution in [-0.2, 0) is 6.42 Å². The second-order valence-electron chi connectivity index (χ2n) is 5.00. The molecule has 0 spiro atoms. The molecule has 7 heteroatoms. The predicted octanol–water partition coefficient (Wildman–Crippen LogP) is 3.95. The zero-order valence-electron chi connectivity index (χ0n) is 11.3. The molecule has 0 aliphatic rings. The molecule has 0 radical (unpaired) electrons. The van der Waals surface area contributed by atoms with Crippen LogP contribution >= 0.6 is 11.6 Å². The molecular weight excluding hydrogens is 305 g/mol. The van der Waals surface area contributed by atoms with Crippen LogP contribution in [0.25, 0.3) is 5.69 Å². The molecule has 112 valence electrons. The number of carbonyl (C=O) groups excluding carboxylic acids is 1. The summed E-state index contributed by atoms with van der Waals surface area (Å²) in [7, 11) is 0. The molecule has 2 aromatic rings. The molecule has 0 unspecified atom stereocenters. The minimum Gasteiger partial charge on any atom is -0.298 e.